The first-order valence-corrected chi connectivity index (χ1v) is 47.9. The number of esters is 2. The Hall–Kier alpha value is -15.9. The van der Waals surface area contributed by atoms with Crippen LogP contribution in [0.3, 0.4) is 0 Å². The molecule has 8 aliphatic rings. The van der Waals surface area contributed by atoms with Gasteiger partial charge in [-0.3, -0.25) is 0 Å². The quantitative estimate of drug-likeness (QED) is 0.0174. The molecule has 4 saturated heterocycles. The maximum absolute atomic E-state index is 11.3. The van der Waals surface area contributed by atoms with Crippen LogP contribution in [0.5, 0.6) is 46.0 Å². The van der Waals surface area contributed by atoms with Crippen LogP contribution in [-0.2, 0) is 59.7 Å². The number of carbonyl (C=O) groups is 2. The van der Waals surface area contributed by atoms with Crippen LogP contribution in [0.15, 0.2) is 414 Å². The molecule has 16 aromatic carbocycles. The van der Waals surface area contributed by atoms with Crippen LogP contribution in [0.1, 0.15) is 89.0 Å². The van der Waals surface area contributed by atoms with E-state index in [0.29, 0.717) is 37.9 Å². The molecule has 0 amide bonds. The summed E-state index contributed by atoms with van der Waals surface area (Å²) in [6, 6.07) is 133. The highest BCUT2D eigenvalue weighted by Gasteiger charge is 2.51. The number of phenols is 2. The van der Waals surface area contributed by atoms with E-state index in [4.69, 9.17) is 56.8 Å². The molecular formula is C124H104O18. The fourth-order valence-corrected chi connectivity index (χ4v) is 20.7. The van der Waals surface area contributed by atoms with E-state index < -0.39 is 45.8 Å². The standard InChI is InChI=1S/C37H34O8.2C31H26O4.C25H18O2/c1-3-35(40)44-23-27(38)21-42-29-17-13-25(14-18-29)37(33-11-7-5-9-31(33)32-10-6-8-12-34(32)37)26-15-19-30(20-16-26)43-22-28(39)24-45-36(41)4-2;2*1-3-7-29-27(5-1)28-6-2-4-8-30(28)31(29,21-9-13-23(14-10-21)32-17-25-19-34-25)22-11-15-24(16-12-22)33-18-26-20-35-26;26-19-13-9-17(10-14-19)25(18-11-15-20(27)16-12-18)23-7-3-1-5-21(23)22-6-2-4-8-24(22)25/h3-20,27-28,38-39H,1-2,21-24H2;2*1-16,25-26H,17-20H2;1-16,26-27H. The van der Waals surface area contributed by atoms with Crippen LogP contribution >= 0.6 is 0 Å². The van der Waals surface area contributed by atoms with E-state index >= 15 is 0 Å². The summed E-state index contributed by atoms with van der Waals surface area (Å²) in [5.41, 5.74) is 26.7. The van der Waals surface area contributed by atoms with E-state index in [2.05, 4.69) is 280 Å². The number of fused-ring (bicyclic) bond motifs is 12. The van der Waals surface area contributed by atoms with Crippen molar-refractivity contribution in [2.24, 2.45) is 0 Å². The summed E-state index contributed by atoms with van der Waals surface area (Å²) in [6.45, 7) is 11.8. The predicted octanol–water partition coefficient (Wildman–Crippen LogP) is 21.7. The molecule has 0 radical (unpaired) electrons. The number of aliphatic hydroxyl groups excluding tert-OH is 2. The van der Waals surface area contributed by atoms with Crippen molar-refractivity contribution in [2.75, 3.05) is 79.3 Å². The van der Waals surface area contributed by atoms with Gasteiger partial charge in [0.15, 0.2) is 0 Å². The van der Waals surface area contributed by atoms with E-state index in [-0.39, 0.29) is 62.3 Å². The Morgan fingerprint density at radius 3 is 0.585 bits per heavy atom. The van der Waals surface area contributed by atoms with Crippen LogP contribution in [0, 0.1) is 0 Å². The maximum atomic E-state index is 11.3. The number of epoxide rings is 4. The van der Waals surface area contributed by atoms with Crippen molar-refractivity contribution in [2.45, 2.75) is 58.3 Å². The minimum atomic E-state index is -0.988. The largest absolute Gasteiger partial charge is 0.508 e. The van der Waals surface area contributed by atoms with E-state index in [1.54, 1.807) is 24.3 Å². The van der Waals surface area contributed by atoms with Crippen molar-refractivity contribution < 1.29 is 86.9 Å². The van der Waals surface area contributed by atoms with Crippen LogP contribution in [0.2, 0.25) is 0 Å². The lowest BCUT2D eigenvalue weighted by Gasteiger charge is -2.34. The summed E-state index contributed by atoms with van der Waals surface area (Å²) in [6.07, 6.45) is 1.06. The van der Waals surface area contributed by atoms with Gasteiger partial charge in [-0.25, -0.2) is 9.59 Å². The molecule has 708 valence electrons. The Morgan fingerprint density at radius 2 is 0.415 bits per heavy atom. The van der Waals surface area contributed by atoms with Crippen LogP contribution in [0.4, 0.5) is 0 Å². The van der Waals surface area contributed by atoms with Crippen LogP contribution < -0.4 is 28.4 Å². The topological polar surface area (TPSA) is 239 Å². The van der Waals surface area contributed by atoms with Gasteiger partial charge >= 0.3 is 11.9 Å². The van der Waals surface area contributed by atoms with Gasteiger partial charge in [0.2, 0.25) is 0 Å². The van der Waals surface area contributed by atoms with Gasteiger partial charge in [0, 0.05) is 12.2 Å². The molecule has 6 atom stereocenters. The number of hydrogen-bond donors (Lipinski definition) is 4. The fourth-order valence-electron chi connectivity index (χ4n) is 20.7. The second kappa shape index (κ2) is 40.5. The van der Waals surface area contributed by atoms with Crippen molar-refractivity contribution in [3.05, 3.63) is 503 Å². The third kappa shape index (κ3) is 18.4. The monoisotopic (exact) mass is 1880 g/mol. The van der Waals surface area contributed by atoms with E-state index in [1.807, 2.05) is 97.1 Å². The van der Waals surface area contributed by atoms with E-state index in [9.17, 15) is 30.0 Å². The van der Waals surface area contributed by atoms with E-state index in [1.165, 1.54) is 89.0 Å². The molecule has 24 rings (SSSR count). The summed E-state index contributed by atoms with van der Waals surface area (Å²) < 4.78 is 66.3. The molecule has 0 bridgehead atoms. The lowest BCUT2D eigenvalue weighted by molar-refractivity contribution is -0.142. The molecule has 4 aliphatic carbocycles. The number of aromatic hydroxyl groups is 2. The summed E-state index contributed by atoms with van der Waals surface area (Å²) in [5, 5.41) is 40.0. The predicted molar refractivity (Wildman–Crippen MR) is 545 cm³/mol. The first kappa shape index (κ1) is 92.5. The Balaban J connectivity index is 0.000000113. The number of rotatable bonds is 32. The van der Waals surface area contributed by atoms with Gasteiger partial charge in [-0.05, 0) is 231 Å². The second-order valence-corrected chi connectivity index (χ2v) is 36.3. The number of phenolic OH excluding ortho intramolecular Hbond substituents is 2. The van der Waals surface area contributed by atoms with Crippen LogP contribution in [-0.4, -0.2) is 148 Å². The molecule has 142 heavy (non-hydrogen) atoms. The number of aliphatic hydroxyl groups is 2. The van der Waals surface area contributed by atoms with E-state index in [0.717, 1.165) is 106 Å². The molecule has 0 aromatic heterocycles. The third-order valence-corrected chi connectivity index (χ3v) is 27.5. The van der Waals surface area contributed by atoms with Gasteiger partial charge in [-0.1, -0.05) is 304 Å². The van der Waals surface area contributed by atoms with Crippen LogP contribution in [0.25, 0.3) is 44.5 Å². The Morgan fingerprint density at radius 1 is 0.254 bits per heavy atom. The van der Waals surface area contributed by atoms with Gasteiger partial charge in [0.05, 0.1) is 48.1 Å². The van der Waals surface area contributed by atoms with Crippen molar-refractivity contribution in [3.63, 3.8) is 0 Å². The molecule has 0 saturated carbocycles. The fraction of sp³-hybridized carbons (Fsp3) is 0.177. The molecular weight excluding hydrogens is 1780 g/mol. The van der Waals surface area contributed by atoms with Gasteiger partial charge < -0.3 is 77.3 Å². The zero-order chi connectivity index (χ0) is 96.7. The highest BCUT2D eigenvalue weighted by Crippen LogP contribution is 2.61. The number of benzene rings is 16. The summed E-state index contributed by atoms with van der Waals surface area (Å²) in [7, 11) is 0. The minimum Gasteiger partial charge on any atom is -0.508 e. The lowest BCUT2D eigenvalue weighted by atomic mass is 9.68. The normalized spacial score (nSPS) is 17.1. The Labute approximate surface area is 824 Å². The maximum Gasteiger partial charge on any atom is 0.330 e. The van der Waals surface area contributed by atoms with Crippen molar-refractivity contribution in [3.8, 4) is 90.5 Å². The van der Waals surface area contributed by atoms with Gasteiger partial charge in [0.25, 0.3) is 0 Å². The number of ether oxygens (including phenoxy) is 12. The van der Waals surface area contributed by atoms with Gasteiger partial charge in [-0.15, -0.1) is 0 Å². The second-order valence-electron chi connectivity index (χ2n) is 36.3. The molecule has 16 aromatic rings. The summed E-state index contributed by atoms with van der Waals surface area (Å²) >= 11 is 0. The lowest BCUT2D eigenvalue weighted by Crippen LogP contribution is -2.28. The van der Waals surface area contributed by atoms with Crippen molar-refractivity contribution in [1.29, 1.82) is 0 Å². The smallest absolute Gasteiger partial charge is 0.330 e. The van der Waals surface area contributed by atoms with Gasteiger partial charge in [-0.2, -0.15) is 0 Å². The highest BCUT2D eigenvalue weighted by molar-refractivity contribution is 5.91. The first-order valence-electron chi connectivity index (χ1n) is 47.9. The molecule has 18 heteroatoms. The molecule has 4 fully saturated rings. The van der Waals surface area contributed by atoms with Crippen molar-refractivity contribution in [1.82, 2.24) is 0 Å². The zero-order valence-corrected chi connectivity index (χ0v) is 78.0. The average molecular weight is 1880 g/mol. The average Bonchev–Trinajstić information content (AvgIpc) is 1.02. The summed E-state index contributed by atoms with van der Waals surface area (Å²) in [4.78, 5) is 22.6. The minimum absolute atomic E-state index is 0.0482. The molecule has 4 aliphatic heterocycles. The molecule has 4 heterocycles. The summed E-state index contributed by atoms with van der Waals surface area (Å²) in [5.74, 6) is 3.87. The zero-order valence-electron chi connectivity index (χ0n) is 78.0. The number of carbonyl (C=O) groups excluding carboxylic acids is 2. The Bertz CT molecular complexity index is 6560. The highest BCUT2D eigenvalue weighted by atomic mass is 16.6. The molecule has 18 nitrogen and oxygen atoms in total. The molecule has 6 unspecified atom stereocenters. The Kier molecular flexibility index (Phi) is 26.4. The molecule has 0 spiro atoms. The first-order chi connectivity index (χ1) is 69.7. The third-order valence-electron chi connectivity index (χ3n) is 27.5. The molecule has 4 N–H and O–H groups in total. The van der Waals surface area contributed by atoms with Crippen molar-refractivity contribution >= 4 is 11.9 Å². The van der Waals surface area contributed by atoms with Gasteiger partial charge in [0.1, 0.15) is 135 Å². The SMILES string of the molecule is C=CC(=O)OCC(O)COc1ccc(C2(c3ccc(OCC(O)COC(=O)C=C)cc3)c3ccccc3-c3ccccc32)cc1.Oc1ccc(C2(c3ccc(O)cc3)c3ccccc3-c3ccccc32)cc1.c1ccc2c(c1)-c1ccccc1C2(c1ccc(OCC2CO2)cc1)c1ccc(OCC2CO2)cc1.c1ccc2c(c1)-c1ccccc1C2(c1ccc(OCC2CO2)cc1)c1ccc(OCC2CO2)cc1. The number of hydrogen-bond acceptors (Lipinski definition) is 18.